The lowest BCUT2D eigenvalue weighted by molar-refractivity contribution is -0.193. The third-order valence-electron chi connectivity index (χ3n) is 5.90. The maximum atomic E-state index is 13.9. The molecule has 3 heterocycles. The smallest absolute Gasteiger partial charge is 0.475 e. The molecular formula is C26H27F10N3O7. The average Bonchev–Trinajstić information content (AvgIpc) is 3.20. The van der Waals surface area contributed by atoms with Crippen LogP contribution in [0.4, 0.5) is 43.9 Å². The Morgan fingerprint density at radius 1 is 0.761 bits per heavy atom. The number of carboxylic acids is 3. The monoisotopic (exact) mass is 683 g/mol. The third-order valence-corrected chi connectivity index (χ3v) is 5.90. The molecule has 0 aliphatic carbocycles. The Kier molecular flexibility index (Phi) is 15.3. The van der Waals surface area contributed by atoms with Crippen LogP contribution in [0, 0.1) is 11.7 Å². The van der Waals surface area contributed by atoms with Gasteiger partial charge in [-0.05, 0) is 17.7 Å². The van der Waals surface area contributed by atoms with Crippen molar-refractivity contribution in [2.24, 2.45) is 5.92 Å². The van der Waals surface area contributed by atoms with Crippen LogP contribution >= 0.6 is 0 Å². The number of halogens is 10. The number of pyridine rings is 1. The lowest BCUT2D eigenvalue weighted by Crippen LogP contribution is -2.32. The zero-order valence-corrected chi connectivity index (χ0v) is 23.3. The highest BCUT2D eigenvalue weighted by molar-refractivity contribution is 5.73. The number of alkyl halides is 9. The van der Waals surface area contributed by atoms with Crippen LogP contribution in [0.2, 0.25) is 0 Å². The van der Waals surface area contributed by atoms with Gasteiger partial charge in [0.25, 0.3) is 0 Å². The van der Waals surface area contributed by atoms with Crippen molar-refractivity contribution >= 4 is 17.9 Å². The maximum Gasteiger partial charge on any atom is 0.490 e. The summed E-state index contributed by atoms with van der Waals surface area (Å²) in [7, 11) is 0. The second-order valence-corrected chi connectivity index (χ2v) is 9.46. The number of fused-ring (bicyclic) bond motifs is 1. The summed E-state index contributed by atoms with van der Waals surface area (Å²) in [5.74, 6) is -7.91. The number of aromatic nitrogens is 1. The molecule has 4 rings (SSSR count). The highest BCUT2D eigenvalue weighted by atomic mass is 19.4. The van der Waals surface area contributed by atoms with Gasteiger partial charge in [0, 0.05) is 63.1 Å². The number of aliphatic carboxylic acids is 3. The first-order valence-corrected chi connectivity index (χ1v) is 12.7. The van der Waals surface area contributed by atoms with Gasteiger partial charge in [0.1, 0.15) is 5.82 Å². The van der Waals surface area contributed by atoms with E-state index in [-0.39, 0.29) is 11.9 Å². The molecule has 3 N–H and O–H groups in total. The molecule has 1 aromatic heterocycles. The van der Waals surface area contributed by atoms with Crippen molar-refractivity contribution < 1.29 is 78.3 Å². The summed E-state index contributed by atoms with van der Waals surface area (Å²) in [6.45, 7) is 6.15. The SMILES string of the molecule is Fc1ccccc1CN1C[C@@H]2CN(Cc3cccnc3)CCO[C@@H]2C1.O=C(O)C(F)(F)F.O=C(O)C(F)(F)F.O=C(O)C(F)(F)F. The van der Waals surface area contributed by atoms with E-state index in [1.807, 2.05) is 30.6 Å². The summed E-state index contributed by atoms with van der Waals surface area (Å²) in [6.07, 6.45) is -11.3. The van der Waals surface area contributed by atoms with Crippen molar-refractivity contribution in [2.75, 3.05) is 32.8 Å². The van der Waals surface area contributed by atoms with Gasteiger partial charge in [-0.15, -0.1) is 0 Å². The van der Waals surface area contributed by atoms with Crippen molar-refractivity contribution in [3.05, 3.63) is 65.7 Å². The molecule has 2 aliphatic rings. The molecule has 2 aromatic rings. The van der Waals surface area contributed by atoms with Crippen LogP contribution in [-0.2, 0) is 32.2 Å². The van der Waals surface area contributed by atoms with E-state index in [2.05, 4.69) is 20.9 Å². The standard InChI is InChI=1S/C20H24FN3O.3C2HF3O2/c21-19-6-2-1-5-17(19)12-24-14-18-13-23(8-9-25-20(18)15-24)11-16-4-3-7-22-10-16;3*3-2(4,5)1(6)7/h1-7,10,18,20H,8-9,11-15H2;3*(H,6,7)/t18-,20+;;;/m0.../s1. The first-order chi connectivity index (χ1) is 21.1. The number of nitrogens with zero attached hydrogens (tertiary/aromatic N) is 3. The lowest BCUT2D eigenvalue weighted by Gasteiger charge is -2.23. The minimum Gasteiger partial charge on any atom is -0.475 e. The molecular weight excluding hydrogens is 656 g/mol. The van der Waals surface area contributed by atoms with E-state index in [1.165, 1.54) is 11.6 Å². The molecule has 2 saturated heterocycles. The number of hydrogen-bond donors (Lipinski definition) is 3. The van der Waals surface area contributed by atoms with E-state index in [9.17, 15) is 43.9 Å². The fourth-order valence-corrected chi connectivity index (χ4v) is 3.94. The minimum absolute atomic E-state index is 0.117. The summed E-state index contributed by atoms with van der Waals surface area (Å²) in [4.78, 5) is 35.7. The van der Waals surface area contributed by atoms with Gasteiger partial charge >= 0.3 is 36.4 Å². The Morgan fingerprint density at radius 3 is 1.72 bits per heavy atom. The zero-order valence-electron chi connectivity index (χ0n) is 23.3. The van der Waals surface area contributed by atoms with Gasteiger partial charge in [-0.3, -0.25) is 14.8 Å². The number of likely N-dealkylation sites (tertiary alicyclic amines) is 1. The average molecular weight is 683 g/mol. The Bertz CT molecular complexity index is 1200. The molecule has 2 aliphatic heterocycles. The van der Waals surface area contributed by atoms with E-state index in [0.717, 1.165) is 44.9 Å². The van der Waals surface area contributed by atoms with Crippen LogP contribution < -0.4 is 0 Å². The van der Waals surface area contributed by atoms with Crippen LogP contribution in [0.15, 0.2) is 48.8 Å². The van der Waals surface area contributed by atoms with Crippen LogP contribution in [0.3, 0.4) is 0 Å². The number of carboxylic acid groups (broad SMARTS) is 3. The molecule has 0 bridgehead atoms. The number of benzene rings is 1. The zero-order chi connectivity index (χ0) is 35.3. The maximum absolute atomic E-state index is 13.9. The van der Waals surface area contributed by atoms with Crippen molar-refractivity contribution in [3.63, 3.8) is 0 Å². The fourth-order valence-electron chi connectivity index (χ4n) is 3.94. The number of rotatable bonds is 4. The first kappa shape index (κ1) is 40.0. The Morgan fingerprint density at radius 2 is 1.26 bits per heavy atom. The molecule has 2 fully saturated rings. The second kappa shape index (κ2) is 17.6. The Labute approximate surface area is 253 Å². The van der Waals surface area contributed by atoms with Gasteiger partial charge in [-0.25, -0.2) is 18.8 Å². The van der Waals surface area contributed by atoms with Gasteiger partial charge in [-0.2, -0.15) is 39.5 Å². The largest absolute Gasteiger partial charge is 0.490 e. The lowest BCUT2D eigenvalue weighted by atomic mass is 10.1. The van der Waals surface area contributed by atoms with Gasteiger partial charge in [-0.1, -0.05) is 24.3 Å². The van der Waals surface area contributed by atoms with Crippen LogP contribution in [0.5, 0.6) is 0 Å². The highest BCUT2D eigenvalue weighted by Crippen LogP contribution is 2.26. The van der Waals surface area contributed by atoms with Crippen molar-refractivity contribution in [3.8, 4) is 0 Å². The topological polar surface area (TPSA) is 140 Å². The molecule has 1 aromatic carbocycles. The van der Waals surface area contributed by atoms with Gasteiger partial charge in [0.05, 0.1) is 12.7 Å². The molecule has 0 amide bonds. The Balaban J connectivity index is 0.000000413. The fraction of sp³-hybridized carbons (Fsp3) is 0.462. The molecule has 20 heteroatoms. The van der Waals surface area contributed by atoms with Crippen LogP contribution in [0.1, 0.15) is 11.1 Å². The highest BCUT2D eigenvalue weighted by Gasteiger charge is 2.40. The van der Waals surface area contributed by atoms with Gasteiger partial charge in [0.2, 0.25) is 0 Å². The first-order valence-electron chi connectivity index (χ1n) is 12.7. The van der Waals surface area contributed by atoms with E-state index in [4.69, 9.17) is 34.4 Å². The van der Waals surface area contributed by atoms with Crippen LogP contribution in [-0.4, -0.2) is 105 Å². The van der Waals surface area contributed by atoms with Crippen LogP contribution in [0.25, 0.3) is 0 Å². The molecule has 46 heavy (non-hydrogen) atoms. The van der Waals surface area contributed by atoms with E-state index in [0.29, 0.717) is 12.5 Å². The third kappa shape index (κ3) is 15.3. The van der Waals surface area contributed by atoms with Crippen molar-refractivity contribution in [1.29, 1.82) is 0 Å². The van der Waals surface area contributed by atoms with Gasteiger partial charge < -0.3 is 20.1 Å². The molecule has 0 saturated carbocycles. The summed E-state index contributed by atoms with van der Waals surface area (Å²) < 4.78 is 115. The van der Waals surface area contributed by atoms with Crippen molar-refractivity contribution in [2.45, 2.75) is 37.7 Å². The molecule has 0 radical (unpaired) electrons. The number of hydrogen-bond acceptors (Lipinski definition) is 7. The van der Waals surface area contributed by atoms with E-state index < -0.39 is 36.4 Å². The quantitative estimate of drug-likeness (QED) is 0.396. The summed E-state index contributed by atoms with van der Waals surface area (Å²) >= 11 is 0. The normalized spacial score (nSPS) is 18.7. The second-order valence-electron chi connectivity index (χ2n) is 9.46. The minimum atomic E-state index is -5.08. The summed E-state index contributed by atoms with van der Waals surface area (Å²) in [5.41, 5.74) is 2.01. The predicted molar refractivity (Wildman–Crippen MR) is 135 cm³/mol. The van der Waals surface area contributed by atoms with Gasteiger partial charge in [0.15, 0.2) is 0 Å². The Hall–Kier alpha value is -4.04. The van der Waals surface area contributed by atoms with E-state index in [1.54, 1.807) is 6.07 Å². The number of carbonyl (C=O) groups is 3. The summed E-state index contributed by atoms with van der Waals surface area (Å²) in [5, 5.41) is 21.4. The molecule has 10 nitrogen and oxygen atoms in total. The van der Waals surface area contributed by atoms with E-state index >= 15 is 0 Å². The number of ether oxygens (including phenoxy) is 1. The molecule has 0 spiro atoms. The molecule has 258 valence electrons. The van der Waals surface area contributed by atoms with Crippen molar-refractivity contribution in [1.82, 2.24) is 14.8 Å². The molecule has 2 atom stereocenters. The summed E-state index contributed by atoms with van der Waals surface area (Å²) in [6, 6.07) is 11.2. The molecule has 0 unspecified atom stereocenters. The predicted octanol–water partition coefficient (Wildman–Crippen LogP) is 4.45.